The van der Waals surface area contributed by atoms with Gasteiger partial charge in [0.25, 0.3) is 0 Å². The first-order chi connectivity index (χ1) is 6.70. The summed E-state index contributed by atoms with van der Waals surface area (Å²) in [5.41, 5.74) is 0.606. The standard InChI is InChI=1S/C10H9NO2S.Au/c12-9-6-8(14)10(13)11(9)7-4-2-1-3-5-7;/h1-5,8,14H,6H2;/q;+1/p-1. The maximum absolute atomic E-state index is 11.5. The third-order valence-electron chi connectivity index (χ3n) is 2.12. The maximum Gasteiger partial charge on any atom is 1.00 e. The molecule has 0 bridgehead atoms. The molecule has 0 radical (unpaired) electrons. The Morgan fingerprint density at radius 1 is 1.20 bits per heavy atom. The van der Waals surface area contributed by atoms with Gasteiger partial charge in [-0.05, 0) is 12.1 Å². The number of anilines is 1. The van der Waals surface area contributed by atoms with Crippen molar-refractivity contribution in [2.45, 2.75) is 11.7 Å². The number of para-hydroxylation sites is 1. The van der Waals surface area contributed by atoms with Crippen LogP contribution in [0.15, 0.2) is 30.3 Å². The Labute approximate surface area is 109 Å². The summed E-state index contributed by atoms with van der Waals surface area (Å²) in [5, 5.41) is -0.595. The van der Waals surface area contributed by atoms with Gasteiger partial charge in [-0.25, -0.2) is 0 Å². The van der Waals surface area contributed by atoms with Crippen molar-refractivity contribution in [2.75, 3.05) is 4.90 Å². The second-order valence-corrected chi connectivity index (χ2v) is 3.66. The Morgan fingerprint density at radius 3 is 2.27 bits per heavy atom. The molecule has 3 nitrogen and oxygen atoms in total. The quantitative estimate of drug-likeness (QED) is 0.397. The van der Waals surface area contributed by atoms with Gasteiger partial charge in [0, 0.05) is 6.42 Å². The van der Waals surface area contributed by atoms with Crippen LogP contribution in [0.4, 0.5) is 5.69 Å². The first-order valence-electron chi connectivity index (χ1n) is 4.28. The third kappa shape index (κ3) is 2.34. The Hall–Kier alpha value is -0.550. The van der Waals surface area contributed by atoms with Gasteiger partial charge < -0.3 is 12.6 Å². The fourth-order valence-corrected chi connectivity index (χ4v) is 1.70. The number of benzene rings is 1. The first kappa shape index (κ1) is 12.5. The van der Waals surface area contributed by atoms with Gasteiger partial charge in [0.15, 0.2) is 0 Å². The Kier molecular flexibility index (Phi) is 4.16. The summed E-state index contributed by atoms with van der Waals surface area (Å²) in [5.74, 6) is -0.489. The predicted octanol–water partition coefficient (Wildman–Crippen LogP) is 0.863. The molecule has 82 valence electrons. The number of imide groups is 1. The van der Waals surface area contributed by atoms with Crippen molar-refractivity contribution in [1.82, 2.24) is 0 Å². The van der Waals surface area contributed by atoms with E-state index in [1.165, 1.54) is 0 Å². The van der Waals surface area contributed by atoms with Gasteiger partial charge in [-0.2, -0.15) is 0 Å². The van der Waals surface area contributed by atoms with E-state index in [1.54, 1.807) is 24.3 Å². The molecular weight excluding hydrogens is 395 g/mol. The van der Waals surface area contributed by atoms with Crippen LogP contribution in [0.5, 0.6) is 0 Å². The summed E-state index contributed by atoms with van der Waals surface area (Å²) in [4.78, 5) is 24.1. The van der Waals surface area contributed by atoms with Gasteiger partial charge in [-0.3, -0.25) is 14.5 Å². The van der Waals surface area contributed by atoms with E-state index in [0.717, 1.165) is 4.90 Å². The molecule has 1 aromatic carbocycles. The van der Waals surface area contributed by atoms with Crippen LogP contribution in [0.1, 0.15) is 6.42 Å². The number of hydrogen-bond donors (Lipinski definition) is 0. The van der Waals surface area contributed by atoms with E-state index in [9.17, 15) is 9.59 Å². The van der Waals surface area contributed by atoms with Crippen LogP contribution in [0, 0.1) is 0 Å². The molecule has 2 amide bonds. The molecule has 15 heavy (non-hydrogen) atoms. The van der Waals surface area contributed by atoms with E-state index in [-0.39, 0.29) is 40.6 Å². The van der Waals surface area contributed by atoms with Gasteiger partial charge in [-0.15, -0.1) is 0 Å². The number of carbonyl (C=O) groups is 2. The molecule has 1 fully saturated rings. The molecule has 1 atom stereocenters. The molecule has 2 rings (SSSR count). The van der Waals surface area contributed by atoms with E-state index in [4.69, 9.17) is 12.6 Å². The van der Waals surface area contributed by atoms with Crippen molar-refractivity contribution >= 4 is 30.1 Å². The van der Waals surface area contributed by atoms with E-state index < -0.39 is 5.25 Å². The molecule has 1 aliphatic rings. The van der Waals surface area contributed by atoms with Crippen LogP contribution in [-0.4, -0.2) is 17.1 Å². The van der Waals surface area contributed by atoms with Gasteiger partial charge in [0.1, 0.15) is 0 Å². The largest absolute Gasteiger partial charge is 1.00 e. The smallest absolute Gasteiger partial charge is 0.779 e. The van der Waals surface area contributed by atoms with Crippen LogP contribution in [0.3, 0.4) is 0 Å². The normalized spacial score (nSPS) is 20.3. The molecule has 1 heterocycles. The predicted molar refractivity (Wildman–Crippen MR) is 54.7 cm³/mol. The van der Waals surface area contributed by atoms with Crippen LogP contribution < -0.4 is 4.90 Å². The van der Waals surface area contributed by atoms with Crippen molar-refractivity contribution in [1.29, 1.82) is 0 Å². The van der Waals surface area contributed by atoms with Crippen molar-refractivity contribution in [3.63, 3.8) is 0 Å². The van der Waals surface area contributed by atoms with Gasteiger partial charge in [0.2, 0.25) is 11.8 Å². The van der Waals surface area contributed by atoms with Crippen molar-refractivity contribution in [2.24, 2.45) is 0 Å². The fourth-order valence-electron chi connectivity index (χ4n) is 1.45. The average Bonchev–Trinajstić information content (AvgIpc) is 2.43. The summed E-state index contributed by atoms with van der Waals surface area (Å²) >= 11 is 4.87. The van der Waals surface area contributed by atoms with E-state index in [1.807, 2.05) is 6.07 Å². The van der Waals surface area contributed by atoms with Crippen molar-refractivity contribution in [3.05, 3.63) is 30.3 Å². The minimum absolute atomic E-state index is 0. The van der Waals surface area contributed by atoms with Gasteiger partial charge in [-0.1, -0.05) is 23.4 Å². The van der Waals surface area contributed by atoms with Gasteiger partial charge in [0.05, 0.1) is 5.69 Å². The van der Waals surface area contributed by atoms with Crippen LogP contribution in [-0.2, 0) is 44.6 Å². The molecule has 5 heteroatoms. The number of rotatable bonds is 1. The molecule has 0 spiro atoms. The Bertz CT molecular complexity index is 382. The van der Waals surface area contributed by atoms with E-state index >= 15 is 0 Å². The molecule has 1 aromatic rings. The van der Waals surface area contributed by atoms with Crippen LogP contribution in [0.25, 0.3) is 0 Å². The SMILES string of the molecule is O=C1CC([S-])C(=O)N1c1ccccc1.[Au+]. The molecule has 0 aromatic heterocycles. The maximum atomic E-state index is 11.5. The summed E-state index contributed by atoms with van der Waals surface area (Å²) in [6.07, 6.45) is 0.142. The first-order valence-corrected chi connectivity index (χ1v) is 4.75. The second-order valence-electron chi connectivity index (χ2n) is 3.10. The van der Waals surface area contributed by atoms with Crippen LogP contribution in [0.2, 0.25) is 0 Å². The summed E-state index contributed by atoms with van der Waals surface area (Å²) in [6.45, 7) is 0. The molecule has 1 unspecified atom stereocenters. The number of amides is 2. The number of nitrogens with zero attached hydrogens (tertiary/aromatic N) is 1. The monoisotopic (exact) mass is 403 g/mol. The fraction of sp³-hybridized carbons (Fsp3) is 0.200. The van der Waals surface area contributed by atoms with E-state index in [0.29, 0.717) is 5.69 Å². The zero-order valence-corrected chi connectivity index (χ0v) is 10.6. The van der Waals surface area contributed by atoms with Crippen LogP contribution >= 0.6 is 0 Å². The third-order valence-corrected chi connectivity index (χ3v) is 2.49. The summed E-state index contributed by atoms with van der Waals surface area (Å²) in [6, 6.07) is 8.85. The molecule has 0 aliphatic carbocycles. The topological polar surface area (TPSA) is 37.4 Å². The molecular formula is C10H8AuNO2S. The zero-order valence-electron chi connectivity index (χ0n) is 7.64. The minimum Gasteiger partial charge on any atom is -0.779 e. The molecule has 1 aliphatic heterocycles. The van der Waals surface area contributed by atoms with Gasteiger partial charge >= 0.3 is 22.4 Å². The van der Waals surface area contributed by atoms with Crippen molar-refractivity contribution < 1.29 is 32.0 Å². The Morgan fingerprint density at radius 2 is 1.80 bits per heavy atom. The van der Waals surface area contributed by atoms with E-state index in [2.05, 4.69) is 0 Å². The molecule has 1 saturated heterocycles. The average molecular weight is 403 g/mol. The summed E-state index contributed by atoms with van der Waals surface area (Å²) < 4.78 is 0. The number of carbonyl (C=O) groups excluding carboxylic acids is 2. The minimum atomic E-state index is -0.595. The second kappa shape index (κ2) is 4.99. The number of hydrogen-bond acceptors (Lipinski definition) is 3. The molecule has 0 N–H and O–H groups in total. The summed E-state index contributed by atoms with van der Waals surface area (Å²) in [7, 11) is 0. The molecule has 0 saturated carbocycles. The van der Waals surface area contributed by atoms with Crippen molar-refractivity contribution in [3.8, 4) is 0 Å². The Balaban J connectivity index is 0.00000112. The zero-order chi connectivity index (χ0) is 10.1.